The maximum Gasteiger partial charge on any atom is 0.321 e. The summed E-state index contributed by atoms with van der Waals surface area (Å²) in [5, 5.41) is 11.4. The van der Waals surface area contributed by atoms with Gasteiger partial charge in [-0.3, -0.25) is 9.69 Å². The second kappa shape index (κ2) is 9.02. The lowest BCUT2D eigenvalue weighted by molar-refractivity contribution is -0.142. The fourth-order valence-electron chi connectivity index (χ4n) is 3.24. The molecule has 1 saturated heterocycles. The molecular weight excluding hydrogens is 408 g/mol. The Morgan fingerprint density at radius 2 is 2.28 bits per heavy atom. The van der Waals surface area contributed by atoms with Gasteiger partial charge in [0.05, 0.1) is 4.88 Å². The summed E-state index contributed by atoms with van der Waals surface area (Å²) >= 11 is 3.28. The molecule has 1 aromatic carbocycles. The monoisotopic (exact) mass is 430 g/mol. The Bertz CT molecular complexity index is 971. The molecule has 0 aliphatic carbocycles. The molecule has 3 aromatic rings. The average molecular weight is 431 g/mol. The van der Waals surface area contributed by atoms with Gasteiger partial charge in [-0.1, -0.05) is 18.2 Å². The number of aromatic nitrogens is 1. The number of rotatable bonds is 7. The number of nitrogens with zero attached hydrogens (tertiary/aromatic N) is 2. The summed E-state index contributed by atoms with van der Waals surface area (Å²) in [7, 11) is 0. The lowest BCUT2D eigenvalue weighted by Gasteiger charge is -2.32. The number of carboxylic acid groups (broad SMARTS) is 1. The first kappa shape index (κ1) is 20.0. The molecule has 0 saturated carbocycles. The van der Waals surface area contributed by atoms with Gasteiger partial charge in [-0.2, -0.15) is 11.8 Å². The summed E-state index contributed by atoms with van der Waals surface area (Å²) in [6.45, 7) is 3.58. The van der Waals surface area contributed by atoms with Crippen LogP contribution in [-0.2, 0) is 17.9 Å². The summed E-state index contributed by atoms with van der Waals surface area (Å²) in [6, 6.07) is 11.3. The summed E-state index contributed by atoms with van der Waals surface area (Å²) in [4.78, 5) is 19.1. The second-order valence-electron chi connectivity index (χ2n) is 6.83. The predicted octanol–water partition coefficient (Wildman–Crippen LogP) is 4.29. The third-order valence-electron chi connectivity index (χ3n) is 4.81. The van der Waals surface area contributed by atoms with Crippen molar-refractivity contribution in [3.8, 4) is 16.5 Å². The van der Waals surface area contributed by atoms with Crippen molar-refractivity contribution in [2.24, 2.45) is 0 Å². The first-order valence-electron chi connectivity index (χ1n) is 9.36. The standard InChI is InChI=1S/C21H22N2O4S2/c1-14-17(22-20(27-14)19-6-3-8-29-19)12-26-16-5-2-4-15(10-16)11-23-7-9-28-13-18(23)21(24)25/h2-6,8,10,18H,7,9,11-13H2,1H3,(H,24,25). The van der Waals surface area contributed by atoms with Crippen LogP contribution in [0.15, 0.2) is 46.2 Å². The van der Waals surface area contributed by atoms with Crippen LogP contribution >= 0.6 is 23.1 Å². The number of aryl methyl sites for hydroxylation is 1. The number of thioether (sulfide) groups is 1. The van der Waals surface area contributed by atoms with Gasteiger partial charge in [0.2, 0.25) is 5.89 Å². The summed E-state index contributed by atoms with van der Waals surface area (Å²) in [5.74, 6) is 2.93. The van der Waals surface area contributed by atoms with E-state index in [2.05, 4.69) is 4.98 Å². The third-order valence-corrected chi connectivity index (χ3v) is 6.69. The van der Waals surface area contributed by atoms with Crippen molar-refractivity contribution in [2.45, 2.75) is 26.1 Å². The molecule has 0 bridgehead atoms. The number of hydrogen-bond donors (Lipinski definition) is 1. The number of aliphatic carboxylic acids is 1. The summed E-state index contributed by atoms with van der Waals surface area (Å²) < 4.78 is 11.7. The molecule has 4 rings (SSSR count). The zero-order chi connectivity index (χ0) is 20.2. The molecule has 1 aliphatic rings. The minimum absolute atomic E-state index is 0.322. The van der Waals surface area contributed by atoms with Crippen LogP contribution in [0.4, 0.5) is 0 Å². The molecule has 152 valence electrons. The van der Waals surface area contributed by atoms with Crippen molar-refractivity contribution in [3.63, 3.8) is 0 Å². The highest BCUT2D eigenvalue weighted by Gasteiger charge is 2.28. The molecule has 0 amide bonds. The van der Waals surface area contributed by atoms with Crippen LogP contribution in [0, 0.1) is 6.92 Å². The van der Waals surface area contributed by atoms with Gasteiger partial charge in [0.25, 0.3) is 0 Å². The zero-order valence-electron chi connectivity index (χ0n) is 16.0. The SMILES string of the molecule is Cc1oc(-c2cccs2)nc1COc1cccc(CN2CCSCC2C(=O)O)c1. The molecule has 3 heterocycles. The van der Waals surface area contributed by atoms with E-state index >= 15 is 0 Å². The van der Waals surface area contributed by atoms with Crippen LogP contribution in [0.25, 0.3) is 10.8 Å². The molecule has 0 spiro atoms. The van der Waals surface area contributed by atoms with Crippen LogP contribution < -0.4 is 4.74 Å². The van der Waals surface area contributed by atoms with Crippen LogP contribution in [0.3, 0.4) is 0 Å². The van der Waals surface area contributed by atoms with E-state index < -0.39 is 12.0 Å². The van der Waals surface area contributed by atoms with Gasteiger partial charge in [0, 0.05) is 24.6 Å². The van der Waals surface area contributed by atoms with Gasteiger partial charge in [-0.25, -0.2) is 4.98 Å². The van der Waals surface area contributed by atoms with Crippen molar-refractivity contribution < 1.29 is 19.1 Å². The van der Waals surface area contributed by atoms with E-state index in [9.17, 15) is 9.90 Å². The summed E-state index contributed by atoms with van der Waals surface area (Å²) in [5.41, 5.74) is 1.81. The fraction of sp³-hybridized carbons (Fsp3) is 0.333. The molecule has 1 fully saturated rings. The minimum atomic E-state index is -0.757. The van der Waals surface area contributed by atoms with E-state index in [4.69, 9.17) is 9.15 Å². The van der Waals surface area contributed by atoms with Gasteiger partial charge in [0.15, 0.2) is 0 Å². The van der Waals surface area contributed by atoms with Gasteiger partial charge >= 0.3 is 5.97 Å². The Morgan fingerprint density at radius 3 is 3.07 bits per heavy atom. The molecule has 6 nitrogen and oxygen atoms in total. The number of carboxylic acids is 1. The molecule has 29 heavy (non-hydrogen) atoms. The van der Waals surface area contributed by atoms with Crippen LogP contribution in [0.5, 0.6) is 5.75 Å². The normalized spacial score (nSPS) is 17.3. The van der Waals surface area contributed by atoms with Gasteiger partial charge in [-0.05, 0) is 36.1 Å². The number of carbonyl (C=O) groups is 1. The number of hydrogen-bond acceptors (Lipinski definition) is 7. The van der Waals surface area contributed by atoms with Gasteiger partial charge in [-0.15, -0.1) is 11.3 Å². The van der Waals surface area contributed by atoms with E-state index in [1.54, 1.807) is 23.1 Å². The number of thiophene rings is 1. The van der Waals surface area contributed by atoms with E-state index in [1.165, 1.54) is 0 Å². The first-order valence-corrected chi connectivity index (χ1v) is 11.4. The number of benzene rings is 1. The van der Waals surface area contributed by atoms with E-state index in [0.717, 1.165) is 39.9 Å². The number of ether oxygens (including phenoxy) is 1. The van der Waals surface area contributed by atoms with E-state index in [-0.39, 0.29) is 0 Å². The third kappa shape index (κ3) is 4.83. The van der Waals surface area contributed by atoms with Crippen molar-refractivity contribution >= 4 is 29.1 Å². The van der Waals surface area contributed by atoms with Crippen molar-refractivity contribution in [2.75, 3.05) is 18.1 Å². The quantitative estimate of drug-likeness (QED) is 0.599. The van der Waals surface area contributed by atoms with Crippen LogP contribution in [0.1, 0.15) is 17.0 Å². The maximum absolute atomic E-state index is 11.5. The highest BCUT2D eigenvalue weighted by molar-refractivity contribution is 7.99. The van der Waals surface area contributed by atoms with Gasteiger partial charge < -0.3 is 14.3 Å². The average Bonchev–Trinajstić information content (AvgIpc) is 3.37. The molecule has 1 N–H and O–H groups in total. The Labute approximate surface area is 177 Å². The largest absolute Gasteiger partial charge is 0.487 e. The Balaban J connectivity index is 1.41. The fourth-order valence-corrected chi connectivity index (χ4v) is 5.00. The molecule has 1 atom stereocenters. The Hall–Kier alpha value is -2.29. The van der Waals surface area contributed by atoms with Crippen molar-refractivity contribution in [3.05, 3.63) is 58.8 Å². The van der Waals surface area contributed by atoms with E-state index in [0.29, 0.717) is 24.8 Å². The highest BCUT2D eigenvalue weighted by Crippen LogP contribution is 2.27. The topological polar surface area (TPSA) is 75.8 Å². The smallest absolute Gasteiger partial charge is 0.321 e. The number of oxazole rings is 1. The highest BCUT2D eigenvalue weighted by atomic mass is 32.2. The molecule has 2 aromatic heterocycles. The minimum Gasteiger partial charge on any atom is -0.487 e. The van der Waals surface area contributed by atoms with Gasteiger partial charge in [0.1, 0.15) is 29.9 Å². The first-order chi connectivity index (χ1) is 14.1. The van der Waals surface area contributed by atoms with Crippen LogP contribution in [0.2, 0.25) is 0 Å². The lowest BCUT2D eigenvalue weighted by Crippen LogP contribution is -2.46. The molecule has 0 radical (unpaired) electrons. The molecule has 8 heteroatoms. The predicted molar refractivity (Wildman–Crippen MR) is 114 cm³/mol. The maximum atomic E-state index is 11.5. The molecule has 1 unspecified atom stereocenters. The zero-order valence-corrected chi connectivity index (χ0v) is 17.7. The van der Waals surface area contributed by atoms with Crippen molar-refractivity contribution in [1.82, 2.24) is 9.88 Å². The van der Waals surface area contributed by atoms with Crippen LogP contribution in [-0.4, -0.2) is 45.1 Å². The Kier molecular flexibility index (Phi) is 6.22. The summed E-state index contributed by atoms with van der Waals surface area (Å²) in [6.07, 6.45) is 0. The van der Waals surface area contributed by atoms with E-state index in [1.807, 2.05) is 53.6 Å². The second-order valence-corrected chi connectivity index (χ2v) is 8.93. The Morgan fingerprint density at radius 1 is 1.38 bits per heavy atom. The molecular formula is C21H22N2O4S2. The van der Waals surface area contributed by atoms with Crippen molar-refractivity contribution in [1.29, 1.82) is 0 Å². The lowest BCUT2D eigenvalue weighted by atomic mass is 10.1. The molecule has 1 aliphatic heterocycles.